The second-order valence-corrected chi connectivity index (χ2v) is 4.56. The molecule has 2 rings (SSSR count). The maximum atomic E-state index is 5.78. The Bertz CT molecular complexity index is 362. The highest BCUT2D eigenvalue weighted by Crippen LogP contribution is 2.26. The third kappa shape index (κ3) is 3.25. The number of nitrogen functional groups attached to an aromatic ring is 1. The van der Waals surface area contributed by atoms with Gasteiger partial charge < -0.3 is 15.8 Å². The van der Waals surface area contributed by atoms with Crippen molar-refractivity contribution in [2.24, 2.45) is 5.92 Å². The average molecular weight is 235 g/mol. The van der Waals surface area contributed by atoms with Gasteiger partial charge in [-0.1, -0.05) is 12.8 Å². The monoisotopic (exact) mass is 235 g/mol. The van der Waals surface area contributed by atoms with Crippen molar-refractivity contribution in [1.82, 2.24) is 4.98 Å². The van der Waals surface area contributed by atoms with Gasteiger partial charge in [-0.2, -0.15) is 4.98 Å². The topological polar surface area (TPSA) is 60.2 Å². The minimum Gasteiger partial charge on any atom is -0.476 e. The van der Waals surface area contributed by atoms with Crippen LogP contribution in [0.5, 0.6) is 5.88 Å². The van der Waals surface area contributed by atoms with Gasteiger partial charge in [0.05, 0.1) is 12.3 Å². The van der Waals surface area contributed by atoms with Gasteiger partial charge in [0.2, 0.25) is 5.88 Å². The van der Waals surface area contributed by atoms with Crippen LogP contribution in [0.15, 0.2) is 12.1 Å². The highest BCUT2D eigenvalue weighted by Gasteiger charge is 2.14. The van der Waals surface area contributed by atoms with Crippen LogP contribution in [0.3, 0.4) is 0 Å². The molecule has 17 heavy (non-hydrogen) atoms. The molecule has 0 spiro atoms. The molecule has 4 heteroatoms. The second kappa shape index (κ2) is 5.75. The Morgan fingerprint density at radius 2 is 2.18 bits per heavy atom. The molecule has 0 aliphatic heterocycles. The summed E-state index contributed by atoms with van der Waals surface area (Å²) >= 11 is 0. The SMILES string of the molecule is CCOc1nc(NCC2CCCC2)ccc1N. The normalized spacial score (nSPS) is 16.1. The van der Waals surface area contributed by atoms with Crippen LogP contribution in [-0.4, -0.2) is 18.1 Å². The molecule has 0 unspecified atom stereocenters. The molecule has 1 heterocycles. The van der Waals surface area contributed by atoms with Crippen molar-refractivity contribution in [2.75, 3.05) is 24.2 Å². The van der Waals surface area contributed by atoms with E-state index in [4.69, 9.17) is 10.5 Å². The van der Waals surface area contributed by atoms with Crippen LogP contribution in [0.2, 0.25) is 0 Å². The standard InChI is InChI=1S/C13H21N3O/c1-2-17-13-11(14)7-8-12(16-13)15-9-10-5-3-4-6-10/h7-8,10H,2-6,9,14H2,1H3,(H,15,16). The predicted octanol–water partition coefficient (Wildman–Crippen LogP) is 2.66. The van der Waals surface area contributed by atoms with Crippen molar-refractivity contribution in [1.29, 1.82) is 0 Å². The van der Waals surface area contributed by atoms with Crippen molar-refractivity contribution in [3.8, 4) is 5.88 Å². The molecule has 0 aromatic carbocycles. The number of pyridine rings is 1. The number of nitrogens with one attached hydrogen (secondary N) is 1. The lowest BCUT2D eigenvalue weighted by Gasteiger charge is -2.12. The van der Waals surface area contributed by atoms with Gasteiger partial charge in [-0.3, -0.25) is 0 Å². The molecule has 0 radical (unpaired) electrons. The van der Waals surface area contributed by atoms with Crippen molar-refractivity contribution in [3.63, 3.8) is 0 Å². The average Bonchev–Trinajstić information content (AvgIpc) is 2.83. The highest BCUT2D eigenvalue weighted by atomic mass is 16.5. The molecule has 0 atom stereocenters. The lowest BCUT2D eigenvalue weighted by molar-refractivity contribution is 0.329. The third-order valence-electron chi connectivity index (χ3n) is 3.22. The number of ether oxygens (including phenoxy) is 1. The molecule has 0 amide bonds. The van der Waals surface area contributed by atoms with Crippen LogP contribution < -0.4 is 15.8 Å². The van der Waals surface area contributed by atoms with E-state index in [0.717, 1.165) is 18.3 Å². The summed E-state index contributed by atoms with van der Waals surface area (Å²) in [5.41, 5.74) is 6.37. The quantitative estimate of drug-likeness (QED) is 0.823. The van der Waals surface area contributed by atoms with Gasteiger partial charge >= 0.3 is 0 Å². The third-order valence-corrected chi connectivity index (χ3v) is 3.22. The van der Waals surface area contributed by atoms with Crippen LogP contribution in [0.4, 0.5) is 11.5 Å². The number of hydrogen-bond acceptors (Lipinski definition) is 4. The first kappa shape index (κ1) is 12.0. The Morgan fingerprint density at radius 3 is 2.88 bits per heavy atom. The fourth-order valence-corrected chi connectivity index (χ4v) is 2.27. The van der Waals surface area contributed by atoms with E-state index < -0.39 is 0 Å². The number of hydrogen-bond donors (Lipinski definition) is 2. The largest absolute Gasteiger partial charge is 0.476 e. The molecule has 1 saturated carbocycles. The fraction of sp³-hybridized carbons (Fsp3) is 0.615. The molecule has 1 aliphatic rings. The van der Waals surface area contributed by atoms with Gasteiger partial charge in [-0.05, 0) is 37.8 Å². The number of nitrogens with zero attached hydrogens (tertiary/aromatic N) is 1. The molecular weight excluding hydrogens is 214 g/mol. The zero-order chi connectivity index (χ0) is 12.1. The van der Waals surface area contributed by atoms with Gasteiger partial charge in [0.1, 0.15) is 5.82 Å². The summed E-state index contributed by atoms with van der Waals surface area (Å²) in [5.74, 6) is 2.18. The Morgan fingerprint density at radius 1 is 1.41 bits per heavy atom. The van der Waals surface area contributed by atoms with Gasteiger partial charge in [-0.25, -0.2) is 0 Å². The van der Waals surface area contributed by atoms with Crippen molar-refractivity contribution in [3.05, 3.63) is 12.1 Å². The van der Waals surface area contributed by atoms with E-state index in [2.05, 4.69) is 10.3 Å². The first-order valence-corrected chi connectivity index (χ1v) is 6.42. The van der Waals surface area contributed by atoms with E-state index in [1.807, 2.05) is 19.1 Å². The lowest BCUT2D eigenvalue weighted by Crippen LogP contribution is -2.12. The molecule has 0 saturated heterocycles. The number of nitrogens with two attached hydrogens (primary N) is 1. The zero-order valence-corrected chi connectivity index (χ0v) is 10.4. The van der Waals surface area contributed by atoms with Crippen LogP contribution >= 0.6 is 0 Å². The molecule has 94 valence electrons. The van der Waals surface area contributed by atoms with Crippen molar-refractivity contribution in [2.45, 2.75) is 32.6 Å². The summed E-state index contributed by atoms with van der Waals surface area (Å²) in [4.78, 5) is 4.36. The Balaban J connectivity index is 1.93. The zero-order valence-electron chi connectivity index (χ0n) is 10.4. The summed E-state index contributed by atoms with van der Waals surface area (Å²) < 4.78 is 5.37. The van der Waals surface area contributed by atoms with E-state index in [-0.39, 0.29) is 0 Å². The Kier molecular flexibility index (Phi) is 4.07. The predicted molar refractivity (Wildman–Crippen MR) is 70.3 cm³/mol. The van der Waals surface area contributed by atoms with Crippen LogP contribution in [-0.2, 0) is 0 Å². The van der Waals surface area contributed by atoms with Crippen molar-refractivity contribution < 1.29 is 4.74 Å². The number of anilines is 2. The summed E-state index contributed by atoms with van der Waals surface area (Å²) in [5, 5.41) is 3.37. The number of aromatic nitrogens is 1. The summed E-state index contributed by atoms with van der Waals surface area (Å²) in [6.07, 6.45) is 5.40. The smallest absolute Gasteiger partial charge is 0.239 e. The van der Waals surface area contributed by atoms with Gasteiger partial charge in [0, 0.05) is 6.54 Å². The van der Waals surface area contributed by atoms with E-state index in [1.165, 1.54) is 25.7 Å². The summed E-state index contributed by atoms with van der Waals surface area (Å²) in [6.45, 7) is 3.52. The van der Waals surface area contributed by atoms with Gasteiger partial charge in [-0.15, -0.1) is 0 Å². The maximum absolute atomic E-state index is 5.78. The molecular formula is C13H21N3O. The molecule has 1 aromatic rings. The maximum Gasteiger partial charge on any atom is 0.239 e. The van der Waals surface area contributed by atoms with Crippen molar-refractivity contribution >= 4 is 11.5 Å². The molecule has 4 nitrogen and oxygen atoms in total. The highest BCUT2D eigenvalue weighted by molar-refractivity contribution is 5.53. The fourth-order valence-electron chi connectivity index (χ4n) is 2.27. The van der Waals surface area contributed by atoms with E-state index in [1.54, 1.807) is 0 Å². The van der Waals surface area contributed by atoms with Gasteiger partial charge in [0.15, 0.2) is 0 Å². The summed E-state index contributed by atoms with van der Waals surface area (Å²) in [7, 11) is 0. The minimum atomic E-state index is 0.531. The molecule has 1 fully saturated rings. The van der Waals surface area contributed by atoms with E-state index >= 15 is 0 Å². The van der Waals surface area contributed by atoms with E-state index in [0.29, 0.717) is 18.2 Å². The first-order chi connectivity index (χ1) is 8.29. The molecule has 0 bridgehead atoms. The summed E-state index contributed by atoms with van der Waals surface area (Å²) in [6, 6.07) is 3.75. The minimum absolute atomic E-state index is 0.531. The van der Waals surface area contributed by atoms with E-state index in [9.17, 15) is 0 Å². The van der Waals surface area contributed by atoms with Gasteiger partial charge in [0.25, 0.3) is 0 Å². The first-order valence-electron chi connectivity index (χ1n) is 6.42. The lowest BCUT2D eigenvalue weighted by atomic mass is 10.1. The second-order valence-electron chi connectivity index (χ2n) is 4.56. The molecule has 1 aromatic heterocycles. The molecule has 3 N–H and O–H groups in total. The Hall–Kier alpha value is -1.45. The van der Waals surface area contributed by atoms with Crippen LogP contribution in [0.25, 0.3) is 0 Å². The number of rotatable bonds is 5. The van der Waals surface area contributed by atoms with Crippen LogP contribution in [0, 0.1) is 5.92 Å². The Labute approximate surface area is 103 Å². The molecule has 1 aliphatic carbocycles. The van der Waals surface area contributed by atoms with Crippen LogP contribution in [0.1, 0.15) is 32.6 Å².